The number of para-hydroxylation sites is 2. The first kappa shape index (κ1) is 32.9. The summed E-state index contributed by atoms with van der Waals surface area (Å²) in [4.78, 5) is 21.6. The van der Waals surface area contributed by atoms with Crippen molar-refractivity contribution in [1.82, 2.24) is 0 Å². The smallest absolute Gasteiger partial charge is 0.168 e. The lowest BCUT2D eigenvalue weighted by Crippen LogP contribution is -2.15. The molecule has 0 spiro atoms. The maximum Gasteiger partial charge on any atom is 0.168 e. The summed E-state index contributed by atoms with van der Waals surface area (Å²) in [5, 5.41) is 19.7. The van der Waals surface area contributed by atoms with Gasteiger partial charge in [0.1, 0.15) is 13.2 Å². The van der Waals surface area contributed by atoms with Crippen LogP contribution in [0.5, 0.6) is 23.0 Å². The van der Waals surface area contributed by atoms with Crippen LogP contribution >= 0.6 is 0 Å². The zero-order valence-corrected chi connectivity index (χ0v) is 22.5. The van der Waals surface area contributed by atoms with Gasteiger partial charge in [-0.3, -0.25) is 9.59 Å². The Balaban J connectivity index is 1.27. The number of carbonyl (C=O) groups excluding carboxylic acids is 2. The molecule has 0 heterocycles. The maximum absolute atomic E-state index is 10.8. The average molecular weight is 567 g/mol. The fraction of sp³-hybridized carbons (Fsp3) is 0.500. The summed E-state index contributed by atoms with van der Waals surface area (Å²) in [7, 11) is 0. The van der Waals surface area contributed by atoms with Gasteiger partial charge in [0.05, 0.1) is 90.4 Å². The first-order valence-electron chi connectivity index (χ1n) is 12.9. The second-order valence-corrected chi connectivity index (χ2v) is 7.99. The largest absolute Gasteiger partial charge is 0.504 e. The second kappa shape index (κ2) is 21.5. The van der Waals surface area contributed by atoms with Crippen molar-refractivity contribution in [3.63, 3.8) is 0 Å². The molecule has 12 heteroatoms. The molecule has 0 fully saturated rings. The van der Waals surface area contributed by atoms with E-state index in [-0.39, 0.29) is 47.3 Å². The van der Waals surface area contributed by atoms with E-state index in [1.807, 2.05) is 0 Å². The number of ether oxygens (including phenoxy) is 8. The number of aldehydes is 2. The van der Waals surface area contributed by atoms with Crippen LogP contribution in [0.4, 0.5) is 0 Å². The molecule has 0 aliphatic carbocycles. The number of aromatic hydroxyl groups is 2. The number of benzene rings is 2. The van der Waals surface area contributed by atoms with Crippen LogP contribution in [0.3, 0.4) is 0 Å². The van der Waals surface area contributed by atoms with E-state index in [0.29, 0.717) is 91.9 Å². The Hall–Kier alpha value is -3.26. The van der Waals surface area contributed by atoms with Gasteiger partial charge in [0, 0.05) is 0 Å². The Morgan fingerprint density at radius 1 is 0.450 bits per heavy atom. The third kappa shape index (κ3) is 13.7. The van der Waals surface area contributed by atoms with E-state index >= 15 is 0 Å². The molecule has 2 N–H and O–H groups in total. The topological polar surface area (TPSA) is 148 Å². The summed E-state index contributed by atoms with van der Waals surface area (Å²) in [6.07, 6.45) is 1.14. The summed E-state index contributed by atoms with van der Waals surface area (Å²) in [5.74, 6) is 0.130. The number of hydrogen-bond donors (Lipinski definition) is 2. The van der Waals surface area contributed by atoms with Crippen molar-refractivity contribution in [1.29, 1.82) is 0 Å². The standard InChI is InChI=1S/C28H38O12/c29-21-23-3-1-5-25(27(23)31)39-19-17-37-15-13-35-11-9-33-7-8-34-10-12-36-14-16-38-18-20-40-26-6-2-4-24(22-30)28(26)32/h1-6,21-22,31-32H,7-20H2. The van der Waals surface area contributed by atoms with Crippen LogP contribution in [0.25, 0.3) is 0 Å². The molecule has 12 nitrogen and oxygen atoms in total. The van der Waals surface area contributed by atoms with Crippen LogP contribution in [0, 0.1) is 0 Å². The predicted octanol–water partition coefficient (Wildman–Crippen LogP) is 2.28. The van der Waals surface area contributed by atoms with Crippen LogP contribution in [0.15, 0.2) is 36.4 Å². The molecule has 222 valence electrons. The Morgan fingerprint density at radius 3 is 1.00 bits per heavy atom. The molecule has 0 bridgehead atoms. The third-order valence-corrected chi connectivity index (χ3v) is 5.14. The maximum atomic E-state index is 10.8. The predicted molar refractivity (Wildman–Crippen MR) is 143 cm³/mol. The van der Waals surface area contributed by atoms with Gasteiger partial charge in [0.2, 0.25) is 0 Å². The van der Waals surface area contributed by atoms with E-state index in [0.717, 1.165) is 0 Å². The lowest BCUT2D eigenvalue weighted by Gasteiger charge is -2.10. The fourth-order valence-electron chi connectivity index (χ4n) is 3.12. The Bertz CT molecular complexity index is 891. The van der Waals surface area contributed by atoms with Crippen molar-refractivity contribution in [2.75, 3.05) is 92.5 Å². The molecule has 0 amide bonds. The van der Waals surface area contributed by atoms with E-state index < -0.39 is 0 Å². The molecule has 0 saturated heterocycles. The molecular formula is C28H38O12. The van der Waals surface area contributed by atoms with E-state index in [4.69, 9.17) is 37.9 Å². The molecule has 0 radical (unpaired) electrons. The highest BCUT2D eigenvalue weighted by Gasteiger charge is 2.08. The van der Waals surface area contributed by atoms with Crippen LogP contribution in [0.1, 0.15) is 20.7 Å². The first-order valence-corrected chi connectivity index (χ1v) is 12.9. The van der Waals surface area contributed by atoms with E-state index in [9.17, 15) is 19.8 Å². The summed E-state index contributed by atoms with van der Waals surface area (Å²) >= 11 is 0. The lowest BCUT2D eigenvalue weighted by atomic mass is 10.2. The van der Waals surface area contributed by atoms with Crippen LogP contribution in [-0.2, 0) is 28.4 Å². The van der Waals surface area contributed by atoms with Crippen molar-refractivity contribution in [3.05, 3.63) is 47.5 Å². The molecule has 0 saturated carbocycles. The zero-order valence-electron chi connectivity index (χ0n) is 22.5. The SMILES string of the molecule is O=Cc1cccc(OCCOCCOCCOCCOCCOCCOCCOc2cccc(C=O)c2O)c1O. The Kier molecular flexibility index (Phi) is 17.8. The number of rotatable bonds is 25. The fourth-order valence-corrected chi connectivity index (χ4v) is 3.12. The molecule has 0 atom stereocenters. The average Bonchev–Trinajstić information content (AvgIpc) is 2.97. The Labute approximate surface area is 233 Å². The second-order valence-electron chi connectivity index (χ2n) is 7.99. The number of phenols is 2. The molecular weight excluding hydrogens is 528 g/mol. The number of hydrogen-bond acceptors (Lipinski definition) is 12. The molecule has 40 heavy (non-hydrogen) atoms. The Morgan fingerprint density at radius 2 is 0.725 bits per heavy atom. The van der Waals surface area contributed by atoms with E-state index in [2.05, 4.69) is 0 Å². The molecule has 2 aromatic rings. The highest BCUT2D eigenvalue weighted by molar-refractivity contribution is 5.81. The number of carbonyl (C=O) groups is 2. The highest BCUT2D eigenvalue weighted by Crippen LogP contribution is 2.29. The van der Waals surface area contributed by atoms with Gasteiger partial charge in [-0.25, -0.2) is 0 Å². The van der Waals surface area contributed by atoms with E-state index in [1.54, 1.807) is 24.3 Å². The summed E-state index contributed by atoms with van der Waals surface area (Å²) < 4.78 is 43.3. The van der Waals surface area contributed by atoms with Crippen LogP contribution < -0.4 is 9.47 Å². The first-order chi connectivity index (χ1) is 19.7. The third-order valence-electron chi connectivity index (χ3n) is 5.14. The van der Waals surface area contributed by atoms with Gasteiger partial charge in [-0.05, 0) is 24.3 Å². The van der Waals surface area contributed by atoms with Crippen molar-refractivity contribution >= 4 is 12.6 Å². The molecule has 0 aliphatic heterocycles. The van der Waals surface area contributed by atoms with Gasteiger partial charge >= 0.3 is 0 Å². The molecule has 2 aromatic carbocycles. The molecule has 0 aliphatic rings. The summed E-state index contributed by atoms with van der Waals surface area (Å²) in [5.41, 5.74) is 0.355. The van der Waals surface area contributed by atoms with Crippen molar-refractivity contribution in [3.8, 4) is 23.0 Å². The quantitative estimate of drug-likeness (QED) is 0.134. The minimum absolute atomic E-state index is 0.176. The molecule has 0 unspecified atom stereocenters. The van der Waals surface area contributed by atoms with Crippen LogP contribution in [0.2, 0.25) is 0 Å². The minimum atomic E-state index is -0.176. The van der Waals surface area contributed by atoms with Gasteiger partial charge in [-0.1, -0.05) is 12.1 Å². The lowest BCUT2D eigenvalue weighted by molar-refractivity contribution is -0.0188. The monoisotopic (exact) mass is 566 g/mol. The van der Waals surface area contributed by atoms with Crippen LogP contribution in [-0.4, -0.2) is 115 Å². The van der Waals surface area contributed by atoms with Crippen molar-refractivity contribution < 1.29 is 57.7 Å². The van der Waals surface area contributed by atoms with Gasteiger partial charge in [0.15, 0.2) is 35.6 Å². The summed E-state index contributed by atoms with van der Waals surface area (Å²) in [6.45, 7) is 5.39. The van der Waals surface area contributed by atoms with Gasteiger partial charge in [0.25, 0.3) is 0 Å². The molecule has 2 rings (SSSR count). The minimum Gasteiger partial charge on any atom is -0.504 e. The zero-order chi connectivity index (χ0) is 28.7. The van der Waals surface area contributed by atoms with Crippen molar-refractivity contribution in [2.45, 2.75) is 0 Å². The normalized spacial score (nSPS) is 10.9. The summed E-state index contributed by atoms with van der Waals surface area (Å²) in [6, 6.07) is 9.43. The van der Waals surface area contributed by atoms with Crippen molar-refractivity contribution in [2.24, 2.45) is 0 Å². The highest BCUT2D eigenvalue weighted by atomic mass is 16.6. The van der Waals surface area contributed by atoms with Gasteiger partial charge in [-0.2, -0.15) is 0 Å². The number of phenolic OH excluding ortho intramolecular Hbond substituents is 2. The van der Waals surface area contributed by atoms with Gasteiger partial charge < -0.3 is 48.1 Å². The van der Waals surface area contributed by atoms with Gasteiger partial charge in [-0.15, -0.1) is 0 Å². The van der Waals surface area contributed by atoms with E-state index in [1.165, 1.54) is 12.1 Å². The molecule has 0 aromatic heterocycles.